The zero-order chi connectivity index (χ0) is 44.6. The number of rotatable bonds is 7. The van der Waals surface area contributed by atoms with Gasteiger partial charge in [-0.3, -0.25) is 0 Å². The molecule has 2 nitrogen and oxygen atoms in total. The van der Waals surface area contributed by atoms with Crippen molar-refractivity contribution in [3.63, 3.8) is 0 Å². The predicted octanol–water partition coefficient (Wildman–Crippen LogP) is 18.3. The molecule has 2 heteroatoms. The Morgan fingerprint density at radius 2 is 0.896 bits per heavy atom. The van der Waals surface area contributed by atoms with Crippen molar-refractivity contribution in [2.24, 2.45) is 0 Å². The maximum atomic E-state index is 6.24. The Balaban J connectivity index is 0.952. The Morgan fingerprint density at radius 1 is 0.313 bits per heavy atom. The van der Waals surface area contributed by atoms with E-state index in [4.69, 9.17) is 4.42 Å². The molecule has 0 N–H and O–H groups in total. The van der Waals surface area contributed by atoms with Gasteiger partial charge in [0.05, 0.1) is 5.69 Å². The standard InChI is InChI=1S/C65H45NO/c1-65(2)60-40-48(58-39-47-17-6-7-20-51(47)53-22-8-9-23-54(53)58)31-34-55(60)56-35-33-50(41-61(56)65)66(62-25-12-10-21-52(62)44-29-27-43(28-30-44)42-15-4-3-5-16-42)49-19-14-18-45(37-49)46-32-36-64-59(38-46)57-24-11-13-26-63(57)67-64/h3-41H,1-2H3. The third-order valence-electron chi connectivity index (χ3n) is 14.3. The molecule has 13 rings (SSSR count). The number of anilines is 3. The van der Waals surface area contributed by atoms with Crippen molar-refractivity contribution in [3.05, 3.63) is 248 Å². The molecule has 0 unspecified atom stereocenters. The van der Waals surface area contributed by atoms with Crippen molar-refractivity contribution in [1.29, 1.82) is 0 Å². The topological polar surface area (TPSA) is 16.4 Å². The van der Waals surface area contributed by atoms with Crippen LogP contribution in [0.15, 0.2) is 241 Å². The minimum atomic E-state index is -0.258. The fourth-order valence-electron chi connectivity index (χ4n) is 10.9. The first kappa shape index (κ1) is 39.0. The molecule has 0 atom stereocenters. The highest BCUT2D eigenvalue weighted by molar-refractivity contribution is 6.14. The van der Waals surface area contributed by atoms with E-state index in [1.165, 1.54) is 66.1 Å². The van der Waals surface area contributed by atoms with Gasteiger partial charge in [-0.05, 0) is 143 Å². The zero-order valence-corrected chi connectivity index (χ0v) is 37.4. The zero-order valence-electron chi connectivity index (χ0n) is 37.4. The van der Waals surface area contributed by atoms with Crippen molar-refractivity contribution < 1.29 is 4.42 Å². The smallest absolute Gasteiger partial charge is 0.135 e. The van der Waals surface area contributed by atoms with E-state index in [2.05, 4.69) is 243 Å². The molecule has 0 fully saturated rings. The summed E-state index contributed by atoms with van der Waals surface area (Å²) in [5.74, 6) is 0. The van der Waals surface area contributed by atoms with E-state index in [1.54, 1.807) is 0 Å². The number of benzene rings is 11. The van der Waals surface area contributed by atoms with Crippen molar-refractivity contribution >= 4 is 60.5 Å². The lowest BCUT2D eigenvalue weighted by atomic mass is 9.81. The summed E-state index contributed by atoms with van der Waals surface area (Å²) in [6.07, 6.45) is 0. The second kappa shape index (κ2) is 15.3. The van der Waals surface area contributed by atoms with Crippen molar-refractivity contribution in [3.8, 4) is 55.6 Å². The van der Waals surface area contributed by atoms with Crippen molar-refractivity contribution in [1.82, 2.24) is 0 Å². The molecule has 0 aliphatic heterocycles. The first-order valence-electron chi connectivity index (χ1n) is 23.2. The summed E-state index contributed by atoms with van der Waals surface area (Å²) < 4.78 is 6.24. The van der Waals surface area contributed by atoms with Gasteiger partial charge in [-0.1, -0.05) is 190 Å². The first-order valence-corrected chi connectivity index (χ1v) is 23.2. The van der Waals surface area contributed by atoms with Crippen LogP contribution in [0.1, 0.15) is 25.0 Å². The van der Waals surface area contributed by atoms with Gasteiger partial charge in [0.25, 0.3) is 0 Å². The van der Waals surface area contributed by atoms with Gasteiger partial charge in [0.2, 0.25) is 0 Å². The van der Waals surface area contributed by atoms with Gasteiger partial charge < -0.3 is 9.32 Å². The predicted molar refractivity (Wildman–Crippen MR) is 283 cm³/mol. The molecular formula is C65H45NO. The van der Waals surface area contributed by atoms with Crippen LogP contribution in [0.25, 0.3) is 99.1 Å². The molecule has 67 heavy (non-hydrogen) atoms. The van der Waals surface area contributed by atoms with Crippen LogP contribution in [0.5, 0.6) is 0 Å². The molecule has 0 amide bonds. The molecule has 0 saturated heterocycles. The molecule has 0 bridgehead atoms. The first-order chi connectivity index (χ1) is 33.0. The Bertz CT molecular complexity index is 3890. The third-order valence-corrected chi connectivity index (χ3v) is 14.3. The normalized spacial score (nSPS) is 12.7. The average Bonchev–Trinajstić information content (AvgIpc) is 3.87. The Morgan fingerprint density at radius 3 is 1.75 bits per heavy atom. The molecule has 1 heterocycles. The van der Waals surface area contributed by atoms with Crippen molar-refractivity contribution in [2.75, 3.05) is 4.90 Å². The van der Waals surface area contributed by atoms with Gasteiger partial charge in [-0.15, -0.1) is 0 Å². The van der Waals surface area contributed by atoms with Crippen LogP contribution < -0.4 is 4.90 Å². The van der Waals surface area contributed by atoms with Crippen LogP contribution in [0.4, 0.5) is 17.1 Å². The highest BCUT2D eigenvalue weighted by Gasteiger charge is 2.36. The van der Waals surface area contributed by atoms with Crippen LogP contribution in [0.2, 0.25) is 0 Å². The SMILES string of the molecule is CC1(C)c2cc(-c3cc4ccccc4c4ccccc34)ccc2-c2ccc(N(c3cccc(-c4ccc5oc6ccccc6c5c4)c3)c3ccccc3-c3ccc(-c4ccccc4)cc3)cc21. The largest absolute Gasteiger partial charge is 0.456 e. The summed E-state index contributed by atoms with van der Waals surface area (Å²) in [5.41, 5.74) is 19.7. The summed E-state index contributed by atoms with van der Waals surface area (Å²) in [6.45, 7) is 4.79. The molecule has 11 aromatic carbocycles. The minimum absolute atomic E-state index is 0.258. The average molecular weight is 856 g/mol. The van der Waals surface area contributed by atoms with Crippen LogP contribution in [-0.4, -0.2) is 0 Å². The summed E-state index contributed by atoms with van der Waals surface area (Å²) in [6, 6.07) is 86.6. The summed E-state index contributed by atoms with van der Waals surface area (Å²) in [4.78, 5) is 2.46. The molecule has 1 aliphatic carbocycles. The molecule has 12 aromatic rings. The summed E-state index contributed by atoms with van der Waals surface area (Å²) in [7, 11) is 0. The number of hydrogen-bond donors (Lipinski definition) is 0. The van der Waals surface area contributed by atoms with E-state index in [0.717, 1.165) is 61.3 Å². The van der Waals surface area contributed by atoms with Crippen LogP contribution in [-0.2, 0) is 5.41 Å². The molecule has 1 aromatic heterocycles. The van der Waals surface area contributed by atoms with Crippen LogP contribution >= 0.6 is 0 Å². The van der Waals surface area contributed by atoms with Gasteiger partial charge in [-0.2, -0.15) is 0 Å². The number of nitrogens with zero attached hydrogens (tertiary/aromatic N) is 1. The van der Waals surface area contributed by atoms with Crippen molar-refractivity contribution in [2.45, 2.75) is 19.3 Å². The third kappa shape index (κ3) is 6.40. The maximum Gasteiger partial charge on any atom is 0.135 e. The lowest BCUT2D eigenvalue weighted by Crippen LogP contribution is -2.17. The van der Waals surface area contributed by atoms with Gasteiger partial charge in [-0.25, -0.2) is 0 Å². The monoisotopic (exact) mass is 855 g/mol. The Kier molecular flexibility index (Phi) is 8.91. The van der Waals surface area contributed by atoms with E-state index in [-0.39, 0.29) is 5.41 Å². The van der Waals surface area contributed by atoms with Gasteiger partial charge in [0.15, 0.2) is 0 Å². The quantitative estimate of drug-likeness (QED) is 0.149. The Labute approximate surface area is 390 Å². The second-order valence-electron chi connectivity index (χ2n) is 18.5. The molecular weight excluding hydrogens is 811 g/mol. The number of furan rings is 1. The lowest BCUT2D eigenvalue weighted by molar-refractivity contribution is 0.660. The molecule has 1 aliphatic rings. The van der Waals surface area contributed by atoms with Crippen LogP contribution in [0.3, 0.4) is 0 Å². The maximum absolute atomic E-state index is 6.24. The number of hydrogen-bond acceptors (Lipinski definition) is 2. The number of fused-ring (bicyclic) bond motifs is 9. The Hall–Kier alpha value is -8.46. The summed E-state index contributed by atoms with van der Waals surface area (Å²) in [5, 5.41) is 7.37. The lowest BCUT2D eigenvalue weighted by Gasteiger charge is -2.30. The molecule has 316 valence electrons. The highest BCUT2D eigenvalue weighted by atomic mass is 16.3. The second-order valence-corrected chi connectivity index (χ2v) is 18.5. The van der Waals surface area contributed by atoms with Crippen LogP contribution in [0, 0.1) is 0 Å². The van der Waals surface area contributed by atoms with E-state index in [0.29, 0.717) is 0 Å². The van der Waals surface area contributed by atoms with E-state index >= 15 is 0 Å². The highest BCUT2D eigenvalue weighted by Crippen LogP contribution is 2.53. The summed E-state index contributed by atoms with van der Waals surface area (Å²) >= 11 is 0. The van der Waals surface area contributed by atoms with Gasteiger partial charge in [0, 0.05) is 33.1 Å². The van der Waals surface area contributed by atoms with E-state index in [9.17, 15) is 0 Å². The van der Waals surface area contributed by atoms with E-state index < -0.39 is 0 Å². The fraction of sp³-hybridized carbons (Fsp3) is 0.0462. The minimum Gasteiger partial charge on any atom is -0.456 e. The fourth-order valence-corrected chi connectivity index (χ4v) is 10.9. The van der Waals surface area contributed by atoms with Gasteiger partial charge in [0.1, 0.15) is 11.2 Å². The molecule has 0 spiro atoms. The molecule has 0 saturated carbocycles. The van der Waals surface area contributed by atoms with Gasteiger partial charge >= 0.3 is 0 Å². The number of para-hydroxylation sites is 2. The molecule has 0 radical (unpaired) electrons. The van der Waals surface area contributed by atoms with E-state index in [1.807, 2.05) is 12.1 Å².